The Balaban J connectivity index is 1.61. The van der Waals surface area contributed by atoms with Gasteiger partial charge in [0.05, 0.1) is 17.3 Å². The highest BCUT2D eigenvalue weighted by atomic mass is 14.9. The van der Waals surface area contributed by atoms with Gasteiger partial charge in [0.15, 0.2) is 0 Å². The lowest BCUT2D eigenvalue weighted by Gasteiger charge is -2.15. The van der Waals surface area contributed by atoms with Gasteiger partial charge >= 0.3 is 0 Å². The number of nitriles is 1. The largest absolute Gasteiger partial charge is 0.355 e. The lowest BCUT2D eigenvalue weighted by molar-refractivity contribution is 0.798. The Bertz CT molecular complexity index is 1490. The van der Waals surface area contributed by atoms with Crippen molar-refractivity contribution in [3.05, 3.63) is 96.6 Å². The molecule has 0 fully saturated rings. The van der Waals surface area contributed by atoms with E-state index in [1.807, 2.05) is 55.6 Å². The van der Waals surface area contributed by atoms with E-state index < -0.39 is 0 Å². The van der Waals surface area contributed by atoms with Crippen LogP contribution in [0.1, 0.15) is 18.3 Å². The maximum absolute atomic E-state index is 9.07. The highest BCUT2D eigenvalue weighted by Crippen LogP contribution is 2.36. The van der Waals surface area contributed by atoms with Crippen LogP contribution in [0.3, 0.4) is 0 Å². The first-order chi connectivity index (χ1) is 16.2. The van der Waals surface area contributed by atoms with Crippen molar-refractivity contribution in [2.75, 3.05) is 5.32 Å². The predicted molar refractivity (Wildman–Crippen MR) is 133 cm³/mol. The summed E-state index contributed by atoms with van der Waals surface area (Å²) in [4.78, 5) is 9.36. The van der Waals surface area contributed by atoms with Gasteiger partial charge in [-0.1, -0.05) is 24.3 Å². The minimum absolute atomic E-state index is 0.634. The fourth-order valence-corrected chi connectivity index (χ4v) is 4.11. The number of hydrogen-bond donors (Lipinski definition) is 1. The van der Waals surface area contributed by atoms with Crippen LogP contribution < -0.4 is 5.32 Å². The van der Waals surface area contributed by atoms with Crippen molar-refractivity contribution in [1.29, 1.82) is 5.26 Å². The SMILES string of the molecule is CCn1ccc2cc(-c3cnc(C)nc3-c3ccccc3Nc3ccc(C#N)cc3)ccc21. The van der Waals surface area contributed by atoms with Gasteiger partial charge in [-0.25, -0.2) is 9.97 Å². The summed E-state index contributed by atoms with van der Waals surface area (Å²) < 4.78 is 2.24. The van der Waals surface area contributed by atoms with E-state index in [2.05, 4.69) is 64.4 Å². The molecule has 0 saturated heterocycles. The van der Waals surface area contributed by atoms with E-state index in [0.29, 0.717) is 5.56 Å². The number of benzene rings is 3. The molecule has 5 rings (SSSR count). The van der Waals surface area contributed by atoms with Crippen molar-refractivity contribution >= 4 is 22.3 Å². The second-order valence-electron chi connectivity index (χ2n) is 7.91. The van der Waals surface area contributed by atoms with E-state index in [1.165, 1.54) is 10.9 Å². The molecular formula is C28H23N5. The minimum Gasteiger partial charge on any atom is -0.355 e. The van der Waals surface area contributed by atoms with Crippen LogP contribution in [0.25, 0.3) is 33.3 Å². The Morgan fingerprint density at radius 3 is 2.58 bits per heavy atom. The average molecular weight is 430 g/mol. The van der Waals surface area contributed by atoms with E-state index in [9.17, 15) is 0 Å². The molecule has 5 heteroatoms. The van der Waals surface area contributed by atoms with E-state index >= 15 is 0 Å². The van der Waals surface area contributed by atoms with Gasteiger partial charge in [0.25, 0.3) is 0 Å². The predicted octanol–water partition coefficient (Wildman–Crippen LogP) is 6.71. The fraction of sp³-hybridized carbons (Fsp3) is 0.107. The normalized spacial score (nSPS) is 10.8. The quantitative estimate of drug-likeness (QED) is 0.337. The Kier molecular flexibility index (Phi) is 5.34. The topological polar surface area (TPSA) is 66.5 Å². The number of fused-ring (bicyclic) bond motifs is 1. The molecular weight excluding hydrogens is 406 g/mol. The van der Waals surface area contributed by atoms with Crippen LogP contribution in [-0.2, 0) is 6.54 Å². The third kappa shape index (κ3) is 3.95. The number of hydrogen-bond acceptors (Lipinski definition) is 4. The van der Waals surface area contributed by atoms with Crippen LogP contribution in [-0.4, -0.2) is 14.5 Å². The number of para-hydroxylation sites is 1. The van der Waals surface area contributed by atoms with E-state index in [-0.39, 0.29) is 0 Å². The van der Waals surface area contributed by atoms with Gasteiger partial charge in [-0.15, -0.1) is 0 Å². The smallest absolute Gasteiger partial charge is 0.125 e. The molecule has 0 amide bonds. The van der Waals surface area contributed by atoms with Gasteiger partial charge in [-0.2, -0.15) is 5.26 Å². The highest BCUT2D eigenvalue weighted by molar-refractivity contribution is 5.92. The van der Waals surface area contributed by atoms with Crippen molar-refractivity contribution in [3.63, 3.8) is 0 Å². The summed E-state index contributed by atoms with van der Waals surface area (Å²) in [5, 5.41) is 13.8. The van der Waals surface area contributed by atoms with Crippen LogP contribution in [0, 0.1) is 18.3 Å². The van der Waals surface area contributed by atoms with E-state index in [1.54, 1.807) is 0 Å². The maximum Gasteiger partial charge on any atom is 0.125 e. The minimum atomic E-state index is 0.634. The zero-order chi connectivity index (χ0) is 22.8. The number of aryl methyl sites for hydroxylation is 2. The maximum atomic E-state index is 9.07. The molecule has 1 N–H and O–H groups in total. The number of anilines is 2. The van der Waals surface area contributed by atoms with Crippen molar-refractivity contribution in [1.82, 2.24) is 14.5 Å². The molecule has 0 aliphatic heterocycles. The summed E-state index contributed by atoms with van der Waals surface area (Å²) in [5.41, 5.74) is 7.66. The van der Waals surface area contributed by atoms with Crippen LogP contribution in [0.5, 0.6) is 0 Å². The van der Waals surface area contributed by atoms with Crippen LogP contribution in [0.15, 0.2) is 85.2 Å². The summed E-state index contributed by atoms with van der Waals surface area (Å²) in [6.45, 7) is 5.00. The molecule has 0 unspecified atom stereocenters. The molecule has 0 atom stereocenters. The number of rotatable bonds is 5. The fourth-order valence-electron chi connectivity index (χ4n) is 4.11. The number of nitrogens with zero attached hydrogens (tertiary/aromatic N) is 4. The third-order valence-corrected chi connectivity index (χ3v) is 5.81. The second-order valence-corrected chi connectivity index (χ2v) is 7.91. The van der Waals surface area contributed by atoms with Gasteiger partial charge < -0.3 is 9.88 Å². The van der Waals surface area contributed by atoms with Crippen molar-refractivity contribution < 1.29 is 0 Å². The van der Waals surface area contributed by atoms with Crippen LogP contribution >= 0.6 is 0 Å². The molecule has 0 spiro atoms. The number of nitrogens with one attached hydrogen (secondary N) is 1. The van der Waals surface area contributed by atoms with Crippen molar-refractivity contribution in [2.45, 2.75) is 20.4 Å². The zero-order valence-electron chi connectivity index (χ0n) is 18.6. The van der Waals surface area contributed by atoms with Gasteiger partial charge in [0.2, 0.25) is 0 Å². The molecule has 0 saturated carbocycles. The van der Waals surface area contributed by atoms with E-state index in [4.69, 9.17) is 10.2 Å². The molecule has 5 aromatic rings. The average Bonchev–Trinajstić information content (AvgIpc) is 3.27. The van der Waals surface area contributed by atoms with E-state index in [0.717, 1.165) is 46.1 Å². The molecule has 33 heavy (non-hydrogen) atoms. The van der Waals surface area contributed by atoms with Gasteiger partial charge in [0, 0.05) is 52.3 Å². The molecule has 0 aliphatic rings. The molecule has 2 heterocycles. The molecule has 0 radical (unpaired) electrons. The molecule has 3 aromatic carbocycles. The van der Waals surface area contributed by atoms with Crippen LogP contribution in [0.2, 0.25) is 0 Å². The summed E-state index contributed by atoms with van der Waals surface area (Å²) in [5.74, 6) is 0.722. The van der Waals surface area contributed by atoms with Crippen molar-refractivity contribution in [2.24, 2.45) is 0 Å². The summed E-state index contributed by atoms with van der Waals surface area (Å²) >= 11 is 0. The second kappa shape index (κ2) is 8.60. The Labute approximate surface area is 193 Å². The van der Waals surface area contributed by atoms with Crippen LogP contribution in [0.4, 0.5) is 11.4 Å². The molecule has 0 bridgehead atoms. The lowest BCUT2D eigenvalue weighted by Crippen LogP contribution is -1.99. The first-order valence-corrected chi connectivity index (χ1v) is 11.0. The summed E-state index contributed by atoms with van der Waals surface area (Å²) in [6.07, 6.45) is 4.03. The molecule has 160 valence electrons. The first-order valence-electron chi connectivity index (χ1n) is 11.0. The molecule has 0 aliphatic carbocycles. The Morgan fingerprint density at radius 1 is 0.970 bits per heavy atom. The van der Waals surface area contributed by atoms with Crippen molar-refractivity contribution in [3.8, 4) is 28.5 Å². The summed E-state index contributed by atoms with van der Waals surface area (Å²) in [7, 11) is 0. The highest BCUT2D eigenvalue weighted by Gasteiger charge is 2.15. The standard InChI is InChI=1S/C28H23N5/c1-3-33-15-14-22-16-21(10-13-27(22)33)25-18-30-19(2)31-28(25)24-6-4-5-7-26(24)32-23-11-8-20(17-29)9-12-23/h4-16,18,32H,3H2,1-2H3. The van der Waals surface area contributed by atoms with Gasteiger partial charge in [-0.3, -0.25) is 0 Å². The Morgan fingerprint density at radius 2 is 1.79 bits per heavy atom. The summed E-state index contributed by atoms with van der Waals surface area (Å²) in [6, 6.07) is 26.4. The third-order valence-electron chi connectivity index (χ3n) is 5.81. The lowest BCUT2D eigenvalue weighted by atomic mass is 9.98. The first kappa shape index (κ1) is 20.5. The molecule has 5 nitrogen and oxygen atoms in total. The van der Waals surface area contributed by atoms with Gasteiger partial charge in [0.1, 0.15) is 5.82 Å². The van der Waals surface area contributed by atoms with Gasteiger partial charge in [-0.05, 0) is 67.9 Å². The zero-order valence-corrected chi connectivity index (χ0v) is 18.6. The Hall–Kier alpha value is -4.43. The number of aromatic nitrogens is 3. The molecule has 2 aromatic heterocycles. The monoisotopic (exact) mass is 429 g/mol.